The molecule has 8 heteroatoms. The Morgan fingerprint density at radius 2 is 1.70 bits per heavy atom. The van der Waals surface area contributed by atoms with E-state index in [1.165, 1.54) is 39.5 Å². The predicted octanol–water partition coefficient (Wildman–Crippen LogP) is 2.58. The van der Waals surface area contributed by atoms with Crippen molar-refractivity contribution in [2.75, 3.05) is 33.1 Å². The Balaban J connectivity index is 2.16. The second kappa shape index (κ2) is 8.41. The third kappa shape index (κ3) is 4.78. The third-order valence-electron chi connectivity index (χ3n) is 4.09. The Hall–Kier alpha value is -2.58. The van der Waals surface area contributed by atoms with Crippen LogP contribution >= 0.6 is 0 Å². The fourth-order valence-corrected chi connectivity index (χ4v) is 3.73. The van der Waals surface area contributed by atoms with Gasteiger partial charge >= 0.3 is 0 Å². The molecule has 0 heterocycles. The summed E-state index contributed by atoms with van der Waals surface area (Å²) in [7, 11) is 0.385. The summed E-state index contributed by atoms with van der Waals surface area (Å²) in [5, 5.41) is 2.74. The number of hydrogen-bond acceptors (Lipinski definition) is 5. The van der Waals surface area contributed by atoms with Crippen LogP contribution in [0.2, 0.25) is 0 Å². The molecule has 0 saturated heterocycles. The summed E-state index contributed by atoms with van der Waals surface area (Å²) in [6, 6.07) is 9.91. The number of nitrogens with zero attached hydrogens (tertiary/aromatic N) is 1. The highest BCUT2D eigenvalue weighted by Crippen LogP contribution is 2.30. The lowest BCUT2D eigenvalue weighted by Crippen LogP contribution is -2.35. The molecule has 1 amide bonds. The summed E-state index contributed by atoms with van der Waals surface area (Å²) in [5.41, 5.74) is 2.65. The van der Waals surface area contributed by atoms with Crippen LogP contribution in [0.3, 0.4) is 0 Å². The van der Waals surface area contributed by atoms with Crippen LogP contribution < -0.4 is 14.8 Å². The molecule has 0 saturated carbocycles. The maximum absolute atomic E-state index is 12.7. The van der Waals surface area contributed by atoms with Gasteiger partial charge in [-0.1, -0.05) is 17.7 Å². The summed E-state index contributed by atoms with van der Waals surface area (Å²) in [6.07, 6.45) is 0. The number of methoxy groups -OCH3 is 2. The molecule has 0 aliphatic heterocycles. The predicted molar refractivity (Wildman–Crippen MR) is 104 cm³/mol. The highest BCUT2D eigenvalue weighted by Gasteiger charge is 2.24. The Bertz CT molecular complexity index is 941. The molecular formula is C19H24N2O5S. The van der Waals surface area contributed by atoms with Crippen molar-refractivity contribution in [1.29, 1.82) is 0 Å². The number of carbonyl (C=O) groups excluding carboxylic acids is 1. The van der Waals surface area contributed by atoms with Crippen molar-refractivity contribution in [1.82, 2.24) is 4.31 Å². The van der Waals surface area contributed by atoms with Crippen LogP contribution in [0.25, 0.3) is 0 Å². The van der Waals surface area contributed by atoms with Crippen molar-refractivity contribution >= 4 is 21.6 Å². The van der Waals surface area contributed by atoms with Crippen LogP contribution in [0, 0.1) is 13.8 Å². The molecule has 0 aliphatic rings. The SMILES string of the molecule is COc1ccc(S(=O)(=O)N(C)CC(=O)Nc2ccc(C)cc2C)cc1OC. The van der Waals surface area contributed by atoms with Crippen LogP contribution in [0.15, 0.2) is 41.3 Å². The number of amides is 1. The van der Waals surface area contributed by atoms with E-state index in [2.05, 4.69) is 5.32 Å². The molecule has 0 aliphatic carbocycles. The van der Waals surface area contributed by atoms with Gasteiger partial charge in [0.25, 0.3) is 0 Å². The first kappa shape index (κ1) is 20.7. The number of sulfonamides is 1. The maximum atomic E-state index is 12.7. The maximum Gasteiger partial charge on any atom is 0.243 e. The van der Waals surface area contributed by atoms with E-state index in [0.717, 1.165) is 15.4 Å². The van der Waals surface area contributed by atoms with Crippen LogP contribution in [-0.4, -0.2) is 46.4 Å². The van der Waals surface area contributed by atoms with Crippen LogP contribution in [0.5, 0.6) is 11.5 Å². The van der Waals surface area contributed by atoms with Crippen molar-refractivity contribution in [2.24, 2.45) is 0 Å². The van der Waals surface area contributed by atoms with Crippen molar-refractivity contribution in [3.63, 3.8) is 0 Å². The first-order valence-corrected chi connectivity index (χ1v) is 9.68. The van der Waals surface area contributed by atoms with E-state index in [1.54, 1.807) is 6.07 Å². The number of nitrogens with one attached hydrogen (secondary N) is 1. The summed E-state index contributed by atoms with van der Waals surface area (Å²) < 4.78 is 36.8. The zero-order valence-electron chi connectivity index (χ0n) is 16.1. The molecule has 2 rings (SSSR count). The zero-order chi connectivity index (χ0) is 20.2. The number of anilines is 1. The highest BCUT2D eigenvalue weighted by molar-refractivity contribution is 7.89. The minimum absolute atomic E-state index is 0.0157. The molecule has 0 radical (unpaired) electrons. The quantitative estimate of drug-likeness (QED) is 0.783. The Kier molecular flexibility index (Phi) is 6.45. The van der Waals surface area contributed by atoms with Gasteiger partial charge in [0.1, 0.15) is 0 Å². The lowest BCUT2D eigenvalue weighted by molar-refractivity contribution is -0.116. The average molecular weight is 392 g/mol. The minimum atomic E-state index is -3.86. The zero-order valence-corrected chi connectivity index (χ0v) is 16.9. The van der Waals surface area contributed by atoms with E-state index in [0.29, 0.717) is 17.2 Å². The molecule has 2 aromatic carbocycles. The Labute approximate surface area is 160 Å². The molecule has 0 aromatic heterocycles. The van der Waals surface area contributed by atoms with Gasteiger partial charge in [-0.05, 0) is 37.6 Å². The smallest absolute Gasteiger partial charge is 0.243 e. The lowest BCUT2D eigenvalue weighted by Gasteiger charge is -2.18. The summed E-state index contributed by atoms with van der Waals surface area (Å²) in [4.78, 5) is 12.3. The molecule has 1 N–H and O–H groups in total. The molecular weight excluding hydrogens is 368 g/mol. The third-order valence-corrected chi connectivity index (χ3v) is 5.88. The second-order valence-corrected chi connectivity index (χ2v) is 8.19. The van der Waals surface area contributed by atoms with Crippen LogP contribution in [0.4, 0.5) is 5.69 Å². The lowest BCUT2D eigenvalue weighted by atomic mass is 10.1. The average Bonchev–Trinajstić information content (AvgIpc) is 2.63. The second-order valence-electron chi connectivity index (χ2n) is 6.14. The number of hydrogen-bond donors (Lipinski definition) is 1. The first-order valence-electron chi connectivity index (χ1n) is 8.24. The highest BCUT2D eigenvalue weighted by atomic mass is 32.2. The topological polar surface area (TPSA) is 84.9 Å². The number of carbonyl (C=O) groups is 1. The molecule has 27 heavy (non-hydrogen) atoms. The number of aryl methyl sites for hydroxylation is 2. The van der Waals surface area contributed by atoms with E-state index >= 15 is 0 Å². The first-order chi connectivity index (χ1) is 12.7. The Morgan fingerprint density at radius 3 is 2.30 bits per heavy atom. The van der Waals surface area contributed by atoms with E-state index in [9.17, 15) is 13.2 Å². The van der Waals surface area contributed by atoms with Gasteiger partial charge in [-0.15, -0.1) is 0 Å². The summed E-state index contributed by atoms with van der Waals surface area (Å²) >= 11 is 0. The van der Waals surface area contributed by atoms with Crippen molar-refractivity contribution in [3.05, 3.63) is 47.5 Å². The monoisotopic (exact) mass is 392 g/mol. The van der Waals surface area contributed by atoms with Gasteiger partial charge in [-0.2, -0.15) is 4.31 Å². The van der Waals surface area contributed by atoms with Gasteiger partial charge in [0.05, 0.1) is 25.7 Å². The van der Waals surface area contributed by atoms with E-state index < -0.39 is 15.9 Å². The van der Waals surface area contributed by atoms with Gasteiger partial charge in [-0.25, -0.2) is 8.42 Å². The normalized spacial score (nSPS) is 11.3. The molecule has 2 aromatic rings. The Morgan fingerprint density at radius 1 is 1.04 bits per heavy atom. The van der Waals surface area contributed by atoms with Gasteiger partial charge < -0.3 is 14.8 Å². The molecule has 0 bridgehead atoms. The molecule has 146 valence electrons. The van der Waals surface area contributed by atoms with Crippen LogP contribution in [-0.2, 0) is 14.8 Å². The minimum Gasteiger partial charge on any atom is -0.493 e. The van der Waals surface area contributed by atoms with Gasteiger partial charge in [0.15, 0.2) is 11.5 Å². The van der Waals surface area contributed by atoms with Gasteiger partial charge in [0, 0.05) is 18.8 Å². The molecule has 0 atom stereocenters. The molecule has 7 nitrogen and oxygen atoms in total. The fourth-order valence-electron chi connectivity index (χ4n) is 2.59. The van der Waals surface area contributed by atoms with Gasteiger partial charge in [-0.3, -0.25) is 4.79 Å². The molecule has 0 unspecified atom stereocenters. The van der Waals surface area contributed by atoms with E-state index in [1.807, 2.05) is 26.0 Å². The fraction of sp³-hybridized carbons (Fsp3) is 0.316. The number of benzene rings is 2. The van der Waals surface area contributed by atoms with E-state index in [-0.39, 0.29) is 11.4 Å². The largest absolute Gasteiger partial charge is 0.493 e. The van der Waals surface area contributed by atoms with E-state index in [4.69, 9.17) is 9.47 Å². The standard InChI is InChI=1S/C19H24N2O5S/c1-13-6-8-16(14(2)10-13)20-19(22)12-21(3)27(23,24)15-7-9-17(25-4)18(11-15)26-5/h6-11H,12H2,1-5H3,(H,20,22). The summed E-state index contributed by atoms with van der Waals surface area (Å²) in [5.74, 6) is 0.298. The number of rotatable bonds is 7. The molecule has 0 spiro atoms. The summed E-state index contributed by atoms with van der Waals surface area (Å²) in [6.45, 7) is 3.53. The molecule has 0 fully saturated rings. The van der Waals surface area contributed by atoms with Crippen molar-refractivity contribution < 1.29 is 22.7 Å². The number of likely N-dealkylation sites (N-methyl/N-ethyl adjacent to an activating group) is 1. The van der Waals surface area contributed by atoms with Crippen molar-refractivity contribution in [2.45, 2.75) is 18.7 Å². The van der Waals surface area contributed by atoms with Crippen molar-refractivity contribution in [3.8, 4) is 11.5 Å². The van der Waals surface area contributed by atoms with Crippen LogP contribution in [0.1, 0.15) is 11.1 Å². The number of ether oxygens (including phenoxy) is 2. The van der Waals surface area contributed by atoms with Gasteiger partial charge in [0.2, 0.25) is 15.9 Å².